The van der Waals surface area contributed by atoms with Crippen LogP contribution in [-0.2, 0) is 105 Å². The van der Waals surface area contributed by atoms with Crippen LogP contribution >= 0.6 is 70.6 Å². The van der Waals surface area contributed by atoms with Crippen LogP contribution in [0.3, 0.4) is 0 Å². The second-order valence-corrected chi connectivity index (χ2v) is 28.8. The van der Waals surface area contributed by atoms with Gasteiger partial charge in [-0.25, -0.2) is 4.79 Å². The summed E-state index contributed by atoms with van der Waals surface area (Å²) >= 11 is 8.86. The maximum Gasteiger partial charge on any atom is 0.333 e. The fourth-order valence-corrected chi connectivity index (χ4v) is 7.99. The minimum Gasteiger partial charge on any atom is -0.469 e. The highest BCUT2D eigenvalue weighted by molar-refractivity contribution is 7.99. The summed E-state index contributed by atoms with van der Waals surface area (Å²) in [5.74, 6) is -1.04. The zero-order valence-electron chi connectivity index (χ0n) is 58.3. The van der Waals surface area contributed by atoms with E-state index in [9.17, 15) is 53.1 Å². The van der Waals surface area contributed by atoms with Gasteiger partial charge in [0.1, 0.15) is 65.6 Å². The predicted octanol–water partition coefficient (Wildman–Crippen LogP) is 9.41. The fraction of sp³-hybridized carbons (Fsp3) is 0.810. The van der Waals surface area contributed by atoms with Crippen molar-refractivity contribution < 1.29 is 110 Å². The van der Waals surface area contributed by atoms with Crippen LogP contribution in [-0.4, -0.2) is 236 Å². The number of thioether (sulfide) groups is 6. The maximum absolute atomic E-state index is 12.7. The lowest BCUT2D eigenvalue weighted by Gasteiger charge is -2.35. The Bertz CT molecular complexity index is 1910. The van der Waals surface area contributed by atoms with Gasteiger partial charge in [0.25, 0.3) is 0 Å². The Morgan fingerprint density at radius 1 is 0.391 bits per heavy atom. The Morgan fingerprint density at radius 2 is 0.652 bits per heavy atom. The summed E-state index contributed by atoms with van der Waals surface area (Å²) in [4.78, 5) is 121. The van der Waals surface area contributed by atoms with Gasteiger partial charge in [-0.1, -0.05) is 27.4 Å². The molecule has 0 saturated heterocycles. The summed E-state index contributed by atoms with van der Waals surface area (Å²) in [6.07, 6.45) is 13.2. The minimum absolute atomic E-state index is 0.133. The quantitative estimate of drug-likeness (QED) is 0.0256. The summed E-state index contributed by atoms with van der Waals surface area (Å²) in [6, 6.07) is 0. The lowest BCUT2D eigenvalue weighted by atomic mass is 9.90. The lowest BCUT2D eigenvalue weighted by Crippen LogP contribution is -2.47. The standard InChI is InChI=1S/C34H58O13S6.C13H22O5.C9H18O3.C7H14O2/c1-48-13-7-27(35)42-21-33(22-43-28(36)8-14-49-2,23-44-29(37)9-15-50-3)19-41-20-34(24-45-30(38)10-16-51-4,25-46-31(39)11-17-52-5)26-47-32(40)12-18-53-6;1-6-13(4,5)12(16)18-8-10(14)7-17-11(15)9(2)3;1-5-9(2,3)8(10)12-7-6-11-4;1-5-7(2,3)6(8)9-4/h7-26H2,1-6H3;10,14H,2,6-8H2,1,3-5H3;5-7H2,1-4H3;5H2,1-4H3. The number of aliphatic hydroxyl groups is 1. The molecule has 0 amide bonds. The van der Waals surface area contributed by atoms with E-state index in [0.29, 0.717) is 54.2 Å². The van der Waals surface area contributed by atoms with E-state index in [-0.39, 0.29) is 139 Å². The van der Waals surface area contributed by atoms with E-state index in [2.05, 4.69) is 11.3 Å². The first-order valence-corrected chi connectivity index (χ1v) is 38.5. The number of esters is 10. The Labute approximate surface area is 574 Å². The molecule has 0 saturated carbocycles. The van der Waals surface area contributed by atoms with Gasteiger partial charge in [-0.15, -0.1) is 0 Å². The maximum atomic E-state index is 12.7. The van der Waals surface area contributed by atoms with Crippen LogP contribution in [0.1, 0.15) is 127 Å². The molecular weight excluding hydrogens is 1320 g/mol. The SMILES string of the molecule is C=C(C)C(=O)OCC(O)COC(=O)C(C)(C)CC.CCC(C)(C)C(=O)OC.CCC(C)(C)C(=O)OCCOC.CSCCC(=O)OCC(COCC(COC(=O)CCSC)(COC(=O)CCSC)COC(=O)CCSC)(COC(=O)CCSC)COC(=O)CCSC. The first kappa shape index (κ1) is 94.8. The molecule has 0 aliphatic carbocycles. The molecule has 92 heavy (non-hydrogen) atoms. The van der Waals surface area contributed by atoms with Crippen molar-refractivity contribution in [2.45, 2.75) is 133 Å². The van der Waals surface area contributed by atoms with Crippen LogP contribution in [0.4, 0.5) is 0 Å². The molecule has 1 N–H and O–H groups in total. The van der Waals surface area contributed by atoms with Crippen molar-refractivity contribution in [3.63, 3.8) is 0 Å². The van der Waals surface area contributed by atoms with Gasteiger partial charge < -0.3 is 61.9 Å². The normalized spacial score (nSPS) is 11.6. The molecule has 0 spiro atoms. The molecule has 0 rings (SSSR count). The second kappa shape index (κ2) is 56.6. The molecule has 23 nitrogen and oxygen atoms in total. The molecule has 0 aromatic carbocycles. The highest BCUT2D eigenvalue weighted by Crippen LogP contribution is 2.28. The van der Waals surface area contributed by atoms with Crippen molar-refractivity contribution in [2.75, 3.05) is 166 Å². The smallest absolute Gasteiger partial charge is 0.333 e. The molecule has 0 aromatic heterocycles. The lowest BCUT2D eigenvalue weighted by molar-refractivity contribution is -0.175. The molecule has 1 atom stereocenters. The molecule has 0 bridgehead atoms. The molecule has 1 unspecified atom stereocenters. The van der Waals surface area contributed by atoms with E-state index in [4.69, 9.17) is 52.1 Å². The summed E-state index contributed by atoms with van der Waals surface area (Å²) in [6.45, 7) is 19.8. The van der Waals surface area contributed by atoms with Crippen LogP contribution in [0.5, 0.6) is 0 Å². The van der Waals surface area contributed by atoms with E-state index >= 15 is 0 Å². The average molecular weight is 1430 g/mol. The third-order valence-electron chi connectivity index (χ3n) is 13.3. The third-order valence-corrected chi connectivity index (χ3v) is 17.0. The van der Waals surface area contributed by atoms with Crippen molar-refractivity contribution in [3.8, 4) is 0 Å². The van der Waals surface area contributed by atoms with Gasteiger partial charge in [-0.2, -0.15) is 70.6 Å². The van der Waals surface area contributed by atoms with Gasteiger partial charge in [0.15, 0.2) is 0 Å². The van der Waals surface area contributed by atoms with Crippen molar-refractivity contribution in [2.24, 2.45) is 27.1 Å². The van der Waals surface area contributed by atoms with Gasteiger partial charge >= 0.3 is 59.7 Å². The Balaban J connectivity index is -0.000000791. The van der Waals surface area contributed by atoms with Crippen LogP contribution in [0, 0.1) is 27.1 Å². The van der Waals surface area contributed by atoms with Gasteiger partial charge in [0, 0.05) is 47.2 Å². The van der Waals surface area contributed by atoms with Crippen molar-refractivity contribution in [1.82, 2.24) is 0 Å². The fourth-order valence-electron chi connectivity index (χ4n) is 5.76. The van der Waals surface area contributed by atoms with E-state index in [1.165, 1.54) is 84.6 Å². The third kappa shape index (κ3) is 49.9. The molecule has 538 valence electrons. The molecule has 0 aliphatic rings. The zero-order chi connectivity index (χ0) is 71.2. The van der Waals surface area contributed by atoms with Crippen LogP contribution in [0.2, 0.25) is 0 Å². The van der Waals surface area contributed by atoms with Crippen molar-refractivity contribution >= 4 is 130 Å². The summed E-state index contributed by atoms with van der Waals surface area (Å²) in [7, 11) is 3.00. The van der Waals surface area contributed by atoms with E-state index in [0.717, 1.165) is 12.8 Å². The van der Waals surface area contributed by atoms with Crippen molar-refractivity contribution in [3.05, 3.63) is 12.2 Å². The Morgan fingerprint density at radius 3 is 0.880 bits per heavy atom. The molecule has 0 aromatic rings. The van der Waals surface area contributed by atoms with Gasteiger partial charge in [-0.3, -0.25) is 43.2 Å². The molecular formula is C63H112O23S6. The number of methoxy groups -OCH3 is 2. The van der Waals surface area contributed by atoms with E-state index in [1.807, 2.05) is 86.0 Å². The van der Waals surface area contributed by atoms with Gasteiger partial charge in [0.2, 0.25) is 0 Å². The number of carbonyl (C=O) groups excluding carboxylic acids is 10. The summed E-state index contributed by atoms with van der Waals surface area (Å²) < 4.78 is 64.0. The highest BCUT2D eigenvalue weighted by atomic mass is 32.2. The molecule has 0 fully saturated rings. The summed E-state index contributed by atoms with van der Waals surface area (Å²) in [5.41, 5.74) is -3.68. The number of hydrogen-bond donors (Lipinski definition) is 1. The highest BCUT2D eigenvalue weighted by Gasteiger charge is 2.41. The number of hydrogen-bond acceptors (Lipinski definition) is 29. The second-order valence-electron chi connectivity index (χ2n) is 22.9. The zero-order valence-corrected chi connectivity index (χ0v) is 63.2. The Hall–Kier alpha value is -3.58. The van der Waals surface area contributed by atoms with Gasteiger partial charge in [-0.05, 0) is 105 Å². The number of rotatable bonds is 48. The van der Waals surface area contributed by atoms with Crippen LogP contribution in [0.15, 0.2) is 12.2 Å². The van der Waals surface area contributed by atoms with Crippen LogP contribution < -0.4 is 0 Å². The number of aliphatic hydroxyl groups excluding tert-OH is 1. The molecule has 0 radical (unpaired) electrons. The van der Waals surface area contributed by atoms with E-state index < -0.39 is 64.1 Å². The van der Waals surface area contributed by atoms with Gasteiger partial charge in [0.05, 0.1) is 92.5 Å². The molecule has 0 aliphatic heterocycles. The Kier molecular flexibility index (Phi) is 58.3. The average Bonchev–Trinajstić information content (AvgIpc) is 0.941. The first-order valence-electron chi connectivity index (χ1n) is 30.1. The number of ether oxygens (including phenoxy) is 12. The predicted molar refractivity (Wildman–Crippen MR) is 369 cm³/mol. The van der Waals surface area contributed by atoms with Crippen molar-refractivity contribution in [1.29, 1.82) is 0 Å². The van der Waals surface area contributed by atoms with Crippen LogP contribution in [0.25, 0.3) is 0 Å². The largest absolute Gasteiger partial charge is 0.469 e. The number of carbonyl (C=O) groups is 10. The minimum atomic E-state index is -1.34. The van der Waals surface area contributed by atoms with E-state index in [1.54, 1.807) is 21.0 Å². The molecule has 29 heteroatoms. The first-order chi connectivity index (χ1) is 43.2. The summed E-state index contributed by atoms with van der Waals surface area (Å²) in [5, 5.41) is 9.48. The monoisotopic (exact) mass is 1430 g/mol. The topological polar surface area (TPSA) is 302 Å². The molecule has 0 heterocycles.